The van der Waals surface area contributed by atoms with Gasteiger partial charge in [-0.25, -0.2) is 9.59 Å². The topological polar surface area (TPSA) is 75.0 Å². The van der Waals surface area contributed by atoms with E-state index in [2.05, 4.69) is 0 Å². The van der Waals surface area contributed by atoms with Crippen molar-refractivity contribution in [1.82, 2.24) is 0 Å². The number of fused-ring (bicyclic) bond motifs is 3. The van der Waals surface area contributed by atoms with Crippen molar-refractivity contribution in [2.75, 3.05) is 13.2 Å². The van der Waals surface area contributed by atoms with Gasteiger partial charge in [0.1, 0.15) is 11.3 Å². The van der Waals surface area contributed by atoms with E-state index in [1.54, 1.807) is 48.5 Å². The van der Waals surface area contributed by atoms with Gasteiger partial charge in [0.15, 0.2) is 11.5 Å². The van der Waals surface area contributed by atoms with Crippen LogP contribution in [0, 0.1) is 0 Å². The van der Waals surface area contributed by atoms with E-state index in [1.807, 2.05) is 32.0 Å². The zero-order valence-electron chi connectivity index (χ0n) is 17.8. The summed E-state index contributed by atoms with van der Waals surface area (Å²) in [6.45, 7) is 4.83. The Morgan fingerprint density at radius 3 is 2.41 bits per heavy atom. The monoisotopic (exact) mass is 430 g/mol. The van der Waals surface area contributed by atoms with Crippen LogP contribution in [-0.4, -0.2) is 19.2 Å². The molecule has 6 heteroatoms. The molecule has 1 heterocycles. The smallest absolute Gasteiger partial charge is 0.344 e. The molecule has 0 aliphatic heterocycles. The number of hydrogen-bond acceptors (Lipinski definition) is 6. The van der Waals surface area contributed by atoms with Crippen LogP contribution in [0.4, 0.5) is 0 Å². The predicted octanol–water partition coefficient (Wildman–Crippen LogP) is 5.36. The fraction of sp³-hybridized carbons (Fsp3) is 0.154. The van der Waals surface area contributed by atoms with Gasteiger partial charge in [-0.3, -0.25) is 0 Å². The van der Waals surface area contributed by atoms with Crippen LogP contribution in [0.3, 0.4) is 0 Å². The molecule has 0 aliphatic rings. The summed E-state index contributed by atoms with van der Waals surface area (Å²) in [5, 5.41) is 2.07. The van der Waals surface area contributed by atoms with E-state index in [4.69, 9.17) is 18.6 Å². The molecule has 32 heavy (non-hydrogen) atoms. The SMILES string of the molecule is CCOc1ccc(/C=C/C(=O)Oc2ccc3c(c2)oc(=O)c2ccccc23)cc1OCC. The minimum atomic E-state index is -0.556. The summed E-state index contributed by atoms with van der Waals surface area (Å²) in [5.41, 5.74) is 0.692. The van der Waals surface area contributed by atoms with Crippen LogP contribution in [0.1, 0.15) is 19.4 Å². The molecule has 0 amide bonds. The summed E-state index contributed by atoms with van der Waals surface area (Å²) in [7, 11) is 0. The standard InChI is InChI=1S/C26H22O6/c1-3-29-22-13-9-17(15-24(22)30-4-2)10-14-25(27)31-18-11-12-20-19-7-5-6-8-21(19)26(28)32-23(20)16-18/h5-16H,3-4H2,1-2H3/b14-10+. The van der Waals surface area contributed by atoms with Crippen molar-refractivity contribution in [3.8, 4) is 17.2 Å². The Hall–Kier alpha value is -4.06. The number of esters is 1. The highest BCUT2D eigenvalue weighted by Crippen LogP contribution is 2.29. The lowest BCUT2D eigenvalue weighted by Gasteiger charge is -2.11. The fourth-order valence-corrected chi connectivity index (χ4v) is 3.41. The first kappa shape index (κ1) is 21.2. The van der Waals surface area contributed by atoms with Gasteiger partial charge >= 0.3 is 11.6 Å². The molecule has 6 nitrogen and oxygen atoms in total. The Labute approximate surface area is 184 Å². The highest BCUT2D eigenvalue weighted by molar-refractivity contribution is 6.04. The third-order valence-corrected chi connectivity index (χ3v) is 4.79. The minimum absolute atomic E-state index is 0.285. The minimum Gasteiger partial charge on any atom is -0.490 e. The third-order valence-electron chi connectivity index (χ3n) is 4.79. The Kier molecular flexibility index (Phi) is 6.22. The Morgan fingerprint density at radius 2 is 1.62 bits per heavy atom. The van der Waals surface area contributed by atoms with Crippen molar-refractivity contribution >= 4 is 33.8 Å². The van der Waals surface area contributed by atoms with Gasteiger partial charge in [-0.2, -0.15) is 0 Å². The van der Waals surface area contributed by atoms with Crippen LogP contribution < -0.4 is 19.8 Å². The molecule has 0 bridgehead atoms. The highest BCUT2D eigenvalue weighted by Gasteiger charge is 2.10. The van der Waals surface area contributed by atoms with Crippen LogP contribution in [0.25, 0.3) is 27.8 Å². The largest absolute Gasteiger partial charge is 0.490 e. The van der Waals surface area contributed by atoms with Crippen molar-refractivity contribution in [3.63, 3.8) is 0 Å². The lowest BCUT2D eigenvalue weighted by atomic mass is 10.1. The van der Waals surface area contributed by atoms with Crippen molar-refractivity contribution in [1.29, 1.82) is 0 Å². The lowest BCUT2D eigenvalue weighted by molar-refractivity contribution is -0.128. The van der Waals surface area contributed by atoms with Gasteiger partial charge in [0.05, 0.1) is 18.6 Å². The molecular weight excluding hydrogens is 408 g/mol. The molecule has 0 spiro atoms. The summed E-state index contributed by atoms with van der Waals surface area (Å²) < 4.78 is 21.9. The fourth-order valence-electron chi connectivity index (χ4n) is 3.41. The van der Waals surface area contributed by atoms with Crippen molar-refractivity contribution in [2.45, 2.75) is 13.8 Å². The van der Waals surface area contributed by atoms with E-state index in [-0.39, 0.29) is 5.75 Å². The molecule has 162 valence electrons. The maximum Gasteiger partial charge on any atom is 0.344 e. The summed E-state index contributed by atoms with van der Waals surface area (Å²) in [6.07, 6.45) is 2.96. The van der Waals surface area contributed by atoms with Gasteiger partial charge in [0.2, 0.25) is 0 Å². The van der Waals surface area contributed by atoms with E-state index in [1.165, 1.54) is 6.08 Å². The maximum atomic E-state index is 12.3. The van der Waals surface area contributed by atoms with Crippen LogP contribution in [0.5, 0.6) is 17.2 Å². The van der Waals surface area contributed by atoms with Gasteiger partial charge in [-0.05, 0) is 61.2 Å². The van der Waals surface area contributed by atoms with Gasteiger partial charge in [0.25, 0.3) is 0 Å². The number of ether oxygens (including phenoxy) is 3. The number of rotatable bonds is 7. The molecule has 4 rings (SSSR count). The van der Waals surface area contributed by atoms with Crippen LogP contribution in [0.15, 0.2) is 76.0 Å². The van der Waals surface area contributed by atoms with E-state index >= 15 is 0 Å². The van der Waals surface area contributed by atoms with Crippen molar-refractivity contribution in [2.24, 2.45) is 0 Å². The zero-order valence-corrected chi connectivity index (χ0v) is 17.8. The normalized spacial score (nSPS) is 11.2. The molecule has 0 unspecified atom stereocenters. The molecule has 1 aromatic heterocycles. The molecule has 0 atom stereocenters. The molecule has 0 saturated heterocycles. The molecular formula is C26H22O6. The van der Waals surface area contributed by atoms with Gasteiger partial charge < -0.3 is 18.6 Å². The average molecular weight is 430 g/mol. The molecule has 0 aliphatic carbocycles. The summed E-state index contributed by atoms with van der Waals surface area (Å²) in [6, 6.07) is 17.6. The number of benzene rings is 3. The first-order valence-corrected chi connectivity index (χ1v) is 10.3. The number of hydrogen-bond donors (Lipinski definition) is 0. The molecule has 4 aromatic rings. The van der Waals surface area contributed by atoms with E-state index in [9.17, 15) is 9.59 Å². The summed E-state index contributed by atoms with van der Waals surface area (Å²) in [4.78, 5) is 24.5. The number of carbonyl (C=O) groups excluding carboxylic acids is 1. The quantitative estimate of drug-likeness (QED) is 0.129. The summed E-state index contributed by atoms with van der Waals surface area (Å²) in [5.74, 6) is 0.993. The maximum absolute atomic E-state index is 12.3. The van der Waals surface area contributed by atoms with Crippen LogP contribution in [0.2, 0.25) is 0 Å². The van der Waals surface area contributed by atoms with Crippen molar-refractivity contribution < 1.29 is 23.4 Å². The molecule has 0 N–H and O–H groups in total. The molecule has 0 radical (unpaired) electrons. The second-order valence-electron chi connectivity index (χ2n) is 6.92. The summed E-state index contributed by atoms with van der Waals surface area (Å²) >= 11 is 0. The van der Waals surface area contributed by atoms with Crippen molar-refractivity contribution in [3.05, 3.63) is 82.7 Å². The Morgan fingerprint density at radius 1 is 0.875 bits per heavy atom. The van der Waals surface area contributed by atoms with Crippen LogP contribution >= 0.6 is 0 Å². The van der Waals surface area contributed by atoms with Gasteiger partial charge in [0, 0.05) is 17.5 Å². The van der Waals surface area contributed by atoms with Gasteiger partial charge in [-0.15, -0.1) is 0 Å². The molecule has 3 aromatic carbocycles. The Balaban J connectivity index is 1.54. The first-order chi connectivity index (χ1) is 15.6. The molecule has 0 saturated carbocycles. The Bertz CT molecular complexity index is 1370. The second kappa shape index (κ2) is 9.39. The number of carbonyl (C=O) groups is 1. The highest BCUT2D eigenvalue weighted by atomic mass is 16.5. The van der Waals surface area contributed by atoms with Crippen LogP contribution in [-0.2, 0) is 4.79 Å². The van der Waals surface area contributed by atoms with Gasteiger partial charge in [-0.1, -0.05) is 24.3 Å². The molecule has 0 fully saturated rings. The van der Waals surface area contributed by atoms with E-state index in [0.717, 1.165) is 16.3 Å². The average Bonchev–Trinajstić information content (AvgIpc) is 2.79. The zero-order chi connectivity index (χ0) is 22.5. The van der Waals surface area contributed by atoms with E-state index in [0.29, 0.717) is 35.7 Å². The second-order valence-corrected chi connectivity index (χ2v) is 6.92. The lowest BCUT2D eigenvalue weighted by Crippen LogP contribution is -2.04. The first-order valence-electron chi connectivity index (χ1n) is 10.3. The third kappa shape index (κ3) is 4.49. The predicted molar refractivity (Wildman–Crippen MR) is 123 cm³/mol. The van der Waals surface area contributed by atoms with E-state index < -0.39 is 11.6 Å².